The molecule has 1 amide bonds. The third-order valence-corrected chi connectivity index (χ3v) is 5.20. The van der Waals surface area contributed by atoms with Gasteiger partial charge < -0.3 is 10.4 Å². The lowest BCUT2D eigenvalue weighted by molar-refractivity contribution is -0.191. The monoisotopic (exact) mass is 467 g/mol. The molecule has 7 nitrogen and oxygen atoms in total. The van der Waals surface area contributed by atoms with E-state index in [2.05, 4.69) is 19.2 Å². The Kier molecular flexibility index (Phi) is 12.2. The number of hydrogen-bond acceptors (Lipinski definition) is 5. The maximum absolute atomic E-state index is 12.7. The van der Waals surface area contributed by atoms with Crippen LogP contribution in [0.4, 0.5) is 0 Å². The Hall–Kier alpha value is -3.57. The number of hydrogen-bond donors (Lipinski definition) is 2. The molecule has 0 saturated carbocycles. The van der Waals surface area contributed by atoms with Gasteiger partial charge in [0.05, 0.1) is 11.1 Å². The van der Waals surface area contributed by atoms with E-state index in [0.29, 0.717) is 24.4 Å². The van der Waals surface area contributed by atoms with Crippen LogP contribution in [-0.2, 0) is 16.0 Å². The lowest BCUT2D eigenvalue weighted by Gasteiger charge is -2.11. The highest BCUT2D eigenvalue weighted by Crippen LogP contribution is 2.18. The molecule has 0 atom stereocenters. The minimum atomic E-state index is -1.12. The molecule has 0 bridgehead atoms. The molecule has 0 aliphatic rings. The third-order valence-electron chi connectivity index (χ3n) is 5.20. The van der Waals surface area contributed by atoms with E-state index in [-0.39, 0.29) is 34.9 Å². The lowest BCUT2D eigenvalue weighted by atomic mass is 9.95. The van der Waals surface area contributed by atoms with E-state index in [1.54, 1.807) is 18.2 Å². The van der Waals surface area contributed by atoms with E-state index in [1.165, 1.54) is 6.07 Å². The number of benzene rings is 2. The van der Waals surface area contributed by atoms with Crippen LogP contribution >= 0.6 is 0 Å². The van der Waals surface area contributed by atoms with Crippen LogP contribution in [0.2, 0.25) is 0 Å². The second-order valence-electron chi connectivity index (χ2n) is 8.81. The number of nitrogens with one attached hydrogen (secondary N) is 1. The first kappa shape index (κ1) is 28.5. The summed E-state index contributed by atoms with van der Waals surface area (Å²) in [6.45, 7) is 8.59. The number of ketones is 1. The van der Waals surface area contributed by atoms with Gasteiger partial charge in [-0.3, -0.25) is 9.59 Å². The topological polar surface area (TPSA) is 118 Å². The number of carbonyl (C=O) groups excluding carboxylic acids is 4. The second kappa shape index (κ2) is 14.6. The minimum absolute atomic E-state index is 0.00725. The van der Waals surface area contributed by atoms with Crippen LogP contribution in [0.3, 0.4) is 0 Å². The molecule has 7 heteroatoms. The van der Waals surface area contributed by atoms with Crippen molar-refractivity contribution in [2.24, 2.45) is 11.8 Å². The highest BCUT2D eigenvalue weighted by molar-refractivity contribution is 6.05. The van der Waals surface area contributed by atoms with Crippen LogP contribution in [0.25, 0.3) is 0 Å². The number of aromatic carboxylic acids is 1. The molecule has 0 fully saturated rings. The van der Waals surface area contributed by atoms with Crippen LogP contribution in [-0.4, -0.2) is 35.5 Å². The zero-order valence-electron chi connectivity index (χ0n) is 20.2. The summed E-state index contributed by atoms with van der Waals surface area (Å²) in [5.41, 5.74) is 2.59. The molecule has 0 unspecified atom stereocenters. The highest BCUT2D eigenvalue weighted by atomic mass is 16.4. The van der Waals surface area contributed by atoms with E-state index in [1.807, 2.05) is 32.0 Å². The molecule has 2 aromatic carbocycles. The Morgan fingerprint density at radius 2 is 1.56 bits per heavy atom. The van der Waals surface area contributed by atoms with Crippen LogP contribution in [0.15, 0.2) is 42.5 Å². The molecule has 0 saturated heterocycles. The highest BCUT2D eigenvalue weighted by Gasteiger charge is 2.17. The first-order valence-corrected chi connectivity index (χ1v) is 11.4. The number of Topliss-reactive ketones (excluding diaryl/α,β-unsaturated/α-hetero) is 1. The molecule has 0 aliphatic carbocycles. The molecule has 0 spiro atoms. The average Bonchev–Trinajstić information content (AvgIpc) is 2.78. The third kappa shape index (κ3) is 9.51. The van der Waals surface area contributed by atoms with Crippen LogP contribution in [0.5, 0.6) is 0 Å². The van der Waals surface area contributed by atoms with Gasteiger partial charge in [0.2, 0.25) is 0 Å². The summed E-state index contributed by atoms with van der Waals surface area (Å²) in [6, 6.07) is 12.3. The summed E-state index contributed by atoms with van der Waals surface area (Å²) in [7, 11) is 0. The summed E-state index contributed by atoms with van der Waals surface area (Å²) >= 11 is 0. The summed E-state index contributed by atoms with van der Waals surface area (Å²) in [5, 5.41) is 12.3. The van der Waals surface area contributed by atoms with Crippen LogP contribution in [0.1, 0.15) is 89.2 Å². The van der Waals surface area contributed by atoms with Crippen molar-refractivity contribution in [3.05, 3.63) is 70.3 Å². The van der Waals surface area contributed by atoms with Gasteiger partial charge in [0.1, 0.15) is 0 Å². The van der Waals surface area contributed by atoms with Gasteiger partial charge in [-0.25, -0.2) is 4.79 Å². The molecule has 2 aromatic rings. The summed E-state index contributed by atoms with van der Waals surface area (Å²) < 4.78 is 0. The molecular formula is C27H33NO6. The Bertz CT molecular complexity index is 1020. The van der Waals surface area contributed by atoms with Gasteiger partial charge in [-0.05, 0) is 48.1 Å². The van der Waals surface area contributed by atoms with Gasteiger partial charge in [-0.2, -0.15) is 9.59 Å². The smallest absolute Gasteiger partial charge is 0.373 e. The van der Waals surface area contributed by atoms with Gasteiger partial charge in [0.15, 0.2) is 5.78 Å². The summed E-state index contributed by atoms with van der Waals surface area (Å²) in [4.78, 5) is 52.8. The summed E-state index contributed by atoms with van der Waals surface area (Å²) in [6.07, 6.45) is 3.75. The van der Waals surface area contributed by atoms with Crippen molar-refractivity contribution >= 4 is 23.8 Å². The van der Waals surface area contributed by atoms with Crippen molar-refractivity contribution in [2.75, 3.05) is 6.54 Å². The first-order valence-electron chi connectivity index (χ1n) is 11.4. The average molecular weight is 468 g/mol. The first-order chi connectivity index (χ1) is 16.1. The van der Waals surface area contributed by atoms with Crippen molar-refractivity contribution in [1.29, 1.82) is 0 Å². The number of carboxylic acid groups (broad SMARTS) is 1. The Morgan fingerprint density at radius 3 is 2.15 bits per heavy atom. The van der Waals surface area contributed by atoms with Crippen molar-refractivity contribution < 1.29 is 29.1 Å². The number of carboxylic acids is 1. The van der Waals surface area contributed by atoms with E-state index < -0.39 is 5.97 Å². The molecule has 2 rings (SSSR count). The molecule has 0 aromatic heterocycles. The molecule has 0 aliphatic heterocycles. The van der Waals surface area contributed by atoms with Crippen molar-refractivity contribution in [1.82, 2.24) is 5.32 Å². The fraction of sp³-hybridized carbons (Fsp3) is 0.407. The maximum atomic E-state index is 12.7. The maximum Gasteiger partial charge on any atom is 0.373 e. The largest absolute Gasteiger partial charge is 0.478 e. The van der Waals surface area contributed by atoms with E-state index >= 15 is 0 Å². The van der Waals surface area contributed by atoms with Gasteiger partial charge in [-0.15, -0.1) is 0 Å². The minimum Gasteiger partial charge on any atom is -0.478 e. The van der Waals surface area contributed by atoms with E-state index in [4.69, 9.17) is 9.59 Å². The van der Waals surface area contributed by atoms with Crippen molar-refractivity contribution in [3.8, 4) is 0 Å². The van der Waals surface area contributed by atoms with Crippen molar-refractivity contribution in [3.63, 3.8) is 0 Å². The Morgan fingerprint density at radius 1 is 0.912 bits per heavy atom. The fourth-order valence-electron chi connectivity index (χ4n) is 3.45. The normalized spacial score (nSPS) is 10.3. The van der Waals surface area contributed by atoms with Gasteiger partial charge in [-0.1, -0.05) is 64.8 Å². The predicted octanol–water partition coefficient (Wildman–Crippen LogP) is 4.79. The molecule has 34 heavy (non-hydrogen) atoms. The number of amides is 1. The zero-order valence-corrected chi connectivity index (χ0v) is 20.2. The SMILES string of the molecule is CC(C)CCCCNC(=O)c1cc(Cc2cccc(C(=O)C(C)C)c2)ccc1C(=O)O.O=C=O. The molecule has 2 N–H and O–H groups in total. The number of rotatable bonds is 11. The van der Waals surface area contributed by atoms with Crippen LogP contribution in [0, 0.1) is 11.8 Å². The van der Waals surface area contributed by atoms with Crippen LogP contribution < -0.4 is 5.32 Å². The quantitative estimate of drug-likeness (QED) is 0.362. The Labute approximate surface area is 200 Å². The standard InChI is InChI=1S/C26H33NO4.CO2/c1-17(2)8-5-6-13-27-25(29)23-16-20(11-12-22(23)26(30)31)14-19-9-7-10-21(15-19)24(28)18(3)4;2-1-3/h7,9-12,15-18H,5-6,8,13-14H2,1-4H3,(H,27,29)(H,30,31);. The number of carbonyl (C=O) groups is 3. The molecule has 0 heterocycles. The predicted molar refractivity (Wildman–Crippen MR) is 128 cm³/mol. The molecular weight excluding hydrogens is 434 g/mol. The summed E-state index contributed by atoms with van der Waals surface area (Å²) in [5.74, 6) is -0.865. The zero-order chi connectivity index (χ0) is 25.7. The molecule has 182 valence electrons. The van der Waals surface area contributed by atoms with Gasteiger partial charge in [0, 0.05) is 18.0 Å². The lowest BCUT2D eigenvalue weighted by Crippen LogP contribution is -2.26. The van der Waals surface area contributed by atoms with Gasteiger partial charge in [0.25, 0.3) is 5.91 Å². The van der Waals surface area contributed by atoms with E-state index in [0.717, 1.165) is 30.4 Å². The van der Waals surface area contributed by atoms with Crippen molar-refractivity contribution in [2.45, 2.75) is 53.4 Å². The fourth-order valence-corrected chi connectivity index (χ4v) is 3.45. The number of unbranched alkanes of at least 4 members (excludes halogenated alkanes) is 1. The Balaban J connectivity index is 0.00000182. The molecule has 0 radical (unpaired) electrons. The van der Waals surface area contributed by atoms with E-state index in [9.17, 15) is 19.5 Å². The van der Waals surface area contributed by atoms with Gasteiger partial charge >= 0.3 is 12.1 Å². The second-order valence-corrected chi connectivity index (χ2v) is 8.81.